The minimum atomic E-state index is -3.45. The van der Waals surface area contributed by atoms with Gasteiger partial charge in [0.1, 0.15) is 35.3 Å². The Bertz CT molecular complexity index is 2870. The molecule has 3 fully saturated rings. The fraction of sp³-hybridized carbons (Fsp3) is 0.323. The van der Waals surface area contributed by atoms with Crippen molar-refractivity contribution in [2.45, 2.75) is 98.3 Å². The Morgan fingerprint density at radius 1 is 0.552 bits per heavy atom. The van der Waals surface area contributed by atoms with Crippen LogP contribution in [-0.4, -0.2) is 12.2 Å². The second-order valence-electron chi connectivity index (χ2n) is 20.0. The van der Waals surface area contributed by atoms with Crippen LogP contribution in [0.15, 0.2) is 146 Å². The van der Waals surface area contributed by atoms with Crippen LogP contribution in [0, 0.1) is 72.1 Å². The minimum absolute atomic E-state index is 0.151. The lowest BCUT2D eigenvalue weighted by atomic mass is 9.82. The molecule has 67 heavy (non-hydrogen) atoms. The molecule has 0 radical (unpaired) electrons. The molecule has 3 saturated carbocycles. The number of fused-ring (bicyclic) bond motifs is 8. The van der Waals surface area contributed by atoms with E-state index in [2.05, 4.69) is 90.9 Å². The first-order valence-electron chi connectivity index (χ1n) is 24.4. The van der Waals surface area contributed by atoms with Gasteiger partial charge in [-0.05, 0) is 202 Å². The van der Waals surface area contributed by atoms with E-state index in [9.17, 15) is 5.11 Å². The summed E-state index contributed by atoms with van der Waals surface area (Å²) in [7, 11) is -1.80. The summed E-state index contributed by atoms with van der Waals surface area (Å²) in [5, 5.41) is 10.2. The van der Waals surface area contributed by atoms with E-state index in [1.165, 1.54) is 51.5 Å². The van der Waals surface area contributed by atoms with Crippen LogP contribution < -0.4 is 14.8 Å². The molecule has 344 valence electrons. The second kappa shape index (κ2) is 19.0. The lowest BCUT2D eigenvalue weighted by Crippen LogP contribution is -2.36. The Morgan fingerprint density at radius 2 is 1.03 bits per heavy atom. The second-order valence-corrected chi connectivity index (χ2v) is 23.0. The van der Waals surface area contributed by atoms with Crippen LogP contribution in [0.5, 0.6) is 23.0 Å². The summed E-state index contributed by atoms with van der Waals surface area (Å²) < 4.78 is 28.7. The van der Waals surface area contributed by atoms with Gasteiger partial charge in [0.2, 0.25) is 0 Å². The van der Waals surface area contributed by atoms with Crippen LogP contribution >= 0.6 is 7.14 Å². The van der Waals surface area contributed by atoms with Crippen molar-refractivity contribution in [1.82, 2.24) is 0 Å². The van der Waals surface area contributed by atoms with Crippen molar-refractivity contribution in [3.05, 3.63) is 207 Å². The summed E-state index contributed by atoms with van der Waals surface area (Å²) in [4.78, 5) is 0. The molecule has 7 aromatic rings. The van der Waals surface area contributed by atoms with Gasteiger partial charge in [-0.1, -0.05) is 127 Å². The molecule has 0 aromatic heterocycles. The fourth-order valence-electron chi connectivity index (χ4n) is 12.7. The molecule has 1 N–H and O–H groups in total. The maximum Gasteiger partial charge on any atom is 0.138 e. The number of rotatable bonds is 7. The third-order valence-electron chi connectivity index (χ3n) is 15.8. The summed E-state index contributed by atoms with van der Waals surface area (Å²) >= 11 is 0. The van der Waals surface area contributed by atoms with E-state index in [-0.39, 0.29) is 5.75 Å². The fourth-order valence-corrected chi connectivity index (χ4v) is 16.8. The molecular formula is C62H67O4P. The van der Waals surface area contributed by atoms with Crippen LogP contribution in [0.4, 0.5) is 0 Å². The number of ether oxygens (including phenoxy) is 2. The van der Waals surface area contributed by atoms with E-state index >= 15 is 4.57 Å². The predicted molar refractivity (Wildman–Crippen MR) is 278 cm³/mol. The molecule has 6 unspecified atom stereocenters. The maximum atomic E-state index is 16.7. The third-order valence-corrected chi connectivity index (χ3v) is 19.7. The van der Waals surface area contributed by atoms with Crippen LogP contribution in [-0.2, 0) is 15.9 Å². The smallest absolute Gasteiger partial charge is 0.138 e. The molecule has 2 bridgehead atoms. The summed E-state index contributed by atoms with van der Waals surface area (Å²) in [6.45, 7) is 14.8. The first kappa shape index (κ1) is 46.3. The molecule has 0 amide bonds. The van der Waals surface area contributed by atoms with Gasteiger partial charge in [-0.25, -0.2) is 0 Å². The Labute approximate surface area is 399 Å². The van der Waals surface area contributed by atoms with Gasteiger partial charge in [-0.2, -0.15) is 0 Å². The highest BCUT2D eigenvalue weighted by Gasteiger charge is 2.55. The Balaban J connectivity index is 0.000000228. The largest absolute Gasteiger partial charge is 0.508 e. The molecule has 1 aliphatic heterocycles. The van der Waals surface area contributed by atoms with Crippen LogP contribution in [0.3, 0.4) is 0 Å². The molecule has 4 nitrogen and oxygen atoms in total. The SMILES string of the molecule is C1CC2C3CCC(C3)C2C1.COc1ccc(C(c2ccc(O)cc2)(c2ccc(Oc3c(C)cc(C)cc3C)cc2)P2(=O)Cc3ccccc3-c3ccccc32)cc1.Cc1cc(C)c(C)c(C)c1. The van der Waals surface area contributed by atoms with E-state index in [4.69, 9.17) is 9.47 Å². The molecule has 0 saturated heterocycles. The number of benzene rings is 7. The number of aromatic hydroxyl groups is 1. The lowest BCUT2D eigenvalue weighted by Gasteiger charge is -2.45. The minimum Gasteiger partial charge on any atom is -0.508 e. The molecule has 11 rings (SSSR count). The van der Waals surface area contributed by atoms with Crippen molar-refractivity contribution >= 4 is 12.4 Å². The zero-order valence-electron chi connectivity index (χ0n) is 40.7. The van der Waals surface area contributed by atoms with Crippen molar-refractivity contribution in [1.29, 1.82) is 0 Å². The van der Waals surface area contributed by atoms with Crippen LogP contribution in [0.2, 0.25) is 0 Å². The predicted octanol–water partition coefficient (Wildman–Crippen LogP) is 16.0. The van der Waals surface area contributed by atoms with E-state index in [0.29, 0.717) is 17.7 Å². The van der Waals surface area contributed by atoms with Crippen molar-refractivity contribution in [3.63, 3.8) is 0 Å². The first-order valence-corrected chi connectivity index (χ1v) is 26.3. The highest BCUT2D eigenvalue weighted by molar-refractivity contribution is 7.73. The average molecular weight is 907 g/mol. The van der Waals surface area contributed by atoms with E-state index in [1.807, 2.05) is 91.0 Å². The van der Waals surface area contributed by atoms with Gasteiger partial charge in [0.25, 0.3) is 0 Å². The van der Waals surface area contributed by atoms with E-state index in [0.717, 1.165) is 55.6 Å². The number of aryl methyl sites for hydroxylation is 6. The third kappa shape index (κ3) is 8.68. The Morgan fingerprint density at radius 3 is 1.58 bits per heavy atom. The van der Waals surface area contributed by atoms with Crippen LogP contribution in [0.25, 0.3) is 11.1 Å². The Kier molecular flexibility index (Phi) is 13.2. The average Bonchev–Trinajstić information content (AvgIpc) is 4.10. The molecule has 3 aliphatic carbocycles. The van der Waals surface area contributed by atoms with Crippen molar-refractivity contribution < 1.29 is 19.1 Å². The Hall–Kier alpha value is -5.83. The van der Waals surface area contributed by atoms with Gasteiger partial charge in [0.15, 0.2) is 0 Å². The van der Waals surface area contributed by atoms with Gasteiger partial charge in [0.05, 0.1) is 7.11 Å². The van der Waals surface area contributed by atoms with Gasteiger partial charge in [-0.15, -0.1) is 0 Å². The topological polar surface area (TPSA) is 55.8 Å². The number of methoxy groups -OCH3 is 1. The molecule has 6 atom stereocenters. The van der Waals surface area contributed by atoms with Gasteiger partial charge in [-0.3, -0.25) is 0 Å². The van der Waals surface area contributed by atoms with Crippen LogP contribution in [0.1, 0.15) is 99.7 Å². The number of phenols is 1. The highest BCUT2D eigenvalue weighted by Crippen LogP contribution is 2.72. The standard InChI is InChI=1S/C42H37O4P.C10H16.C10H14/c1-28-25-29(2)41(30(3)26-28)46-37-23-17-34(18-24-37)42(32-13-19-35(43)20-14-32,33-15-21-36(45-4)22-16-33)47(44)27-31-9-5-6-10-38(31)39-11-7-8-12-40(39)47;1-2-9-7-4-5-8(6-7)10(9)3-1;1-7-5-8(2)10(4)9(3)6-7/h5-26,43H,27H2,1-4H3;7-10H,1-6H2;5-6H,1-4H3. The van der Waals surface area contributed by atoms with E-state index < -0.39 is 12.3 Å². The van der Waals surface area contributed by atoms with Crippen molar-refractivity contribution in [2.75, 3.05) is 7.11 Å². The maximum absolute atomic E-state index is 16.7. The molecule has 1 heterocycles. The van der Waals surface area contributed by atoms with Crippen molar-refractivity contribution in [3.8, 4) is 34.1 Å². The number of hydrogen-bond donors (Lipinski definition) is 1. The first-order chi connectivity index (χ1) is 32.3. The molecule has 7 aromatic carbocycles. The number of phenolic OH excluding ortho intramolecular Hbond substituents is 1. The normalized spacial score (nSPS) is 21.6. The quantitative estimate of drug-likeness (QED) is 0.128. The van der Waals surface area contributed by atoms with Crippen molar-refractivity contribution in [2.24, 2.45) is 23.7 Å². The number of hydrogen-bond acceptors (Lipinski definition) is 4. The molecule has 5 heteroatoms. The molecule has 0 spiro atoms. The summed E-state index contributed by atoms with van der Waals surface area (Å²) in [6.07, 6.45) is 9.90. The molecular weight excluding hydrogens is 840 g/mol. The van der Waals surface area contributed by atoms with Gasteiger partial charge in [0, 0.05) is 11.5 Å². The van der Waals surface area contributed by atoms with Gasteiger partial charge < -0.3 is 19.1 Å². The zero-order chi connectivity index (χ0) is 47.0. The summed E-state index contributed by atoms with van der Waals surface area (Å²) in [5.41, 5.74) is 14.6. The zero-order valence-corrected chi connectivity index (χ0v) is 41.6. The monoisotopic (exact) mass is 906 g/mol. The molecule has 4 aliphatic rings. The van der Waals surface area contributed by atoms with E-state index in [1.54, 1.807) is 57.8 Å². The van der Waals surface area contributed by atoms with Gasteiger partial charge >= 0.3 is 0 Å². The lowest BCUT2D eigenvalue weighted by molar-refractivity contribution is 0.259. The summed E-state index contributed by atoms with van der Waals surface area (Å²) in [5.74, 6) is 7.21. The summed E-state index contributed by atoms with van der Waals surface area (Å²) in [6, 6.07) is 48.2. The highest BCUT2D eigenvalue weighted by atomic mass is 31.2.